The SMILES string of the molecule is COc1nc(C)nc2cc3c(cc12)N(C)C(=O)C3(C)O. The van der Waals surface area contributed by atoms with Crippen molar-refractivity contribution in [3.63, 3.8) is 0 Å². The molecule has 0 saturated carbocycles. The van der Waals surface area contributed by atoms with Crippen LogP contribution in [-0.2, 0) is 10.4 Å². The summed E-state index contributed by atoms with van der Waals surface area (Å²) in [6.45, 7) is 3.26. The fourth-order valence-electron chi connectivity index (χ4n) is 2.62. The number of hydrogen-bond donors (Lipinski definition) is 1. The lowest BCUT2D eigenvalue weighted by atomic mass is 9.97. The highest BCUT2D eigenvalue weighted by Crippen LogP contribution is 2.42. The highest BCUT2D eigenvalue weighted by Gasteiger charge is 2.45. The summed E-state index contributed by atoms with van der Waals surface area (Å²) in [5.74, 6) is 0.681. The van der Waals surface area contributed by atoms with Crippen molar-refractivity contribution in [2.24, 2.45) is 0 Å². The van der Waals surface area contributed by atoms with Gasteiger partial charge in [-0.1, -0.05) is 0 Å². The molecule has 0 saturated heterocycles. The van der Waals surface area contributed by atoms with Crippen LogP contribution in [0.25, 0.3) is 10.9 Å². The van der Waals surface area contributed by atoms with E-state index in [4.69, 9.17) is 4.74 Å². The maximum Gasteiger partial charge on any atom is 0.263 e. The number of amides is 1. The molecule has 6 heteroatoms. The van der Waals surface area contributed by atoms with E-state index in [0.29, 0.717) is 33.9 Å². The first kappa shape index (κ1) is 12.8. The quantitative estimate of drug-likeness (QED) is 0.843. The summed E-state index contributed by atoms with van der Waals surface area (Å²) in [5, 5.41) is 11.1. The third kappa shape index (κ3) is 1.51. The number of aryl methyl sites for hydroxylation is 1. The van der Waals surface area contributed by atoms with Gasteiger partial charge in [0, 0.05) is 12.6 Å². The molecular weight excluding hydrogens is 258 g/mol. The van der Waals surface area contributed by atoms with E-state index < -0.39 is 5.60 Å². The molecule has 20 heavy (non-hydrogen) atoms. The van der Waals surface area contributed by atoms with E-state index in [2.05, 4.69) is 9.97 Å². The zero-order chi connectivity index (χ0) is 14.7. The van der Waals surface area contributed by atoms with Gasteiger partial charge in [-0.25, -0.2) is 4.98 Å². The van der Waals surface area contributed by atoms with Gasteiger partial charge in [-0.3, -0.25) is 4.79 Å². The summed E-state index contributed by atoms with van der Waals surface area (Å²) in [5.41, 5.74) is 0.331. The number of carbonyl (C=O) groups is 1. The monoisotopic (exact) mass is 273 g/mol. The van der Waals surface area contributed by atoms with Gasteiger partial charge >= 0.3 is 0 Å². The molecule has 2 heterocycles. The first-order chi connectivity index (χ1) is 9.36. The molecule has 0 aliphatic carbocycles. The minimum Gasteiger partial charge on any atom is -0.480 e. The summed E-state index contributed by atoms with van der Waals surface area (Å²) in [6, 6.07) is 3.51. The van der Waals surface area contributed by atoms with Crippen LogP contribution in [0.3, 0.4) is 0 Å². The van der Waals surface area contributed by atoms with Crippen LogP contribution in [0, 0.1) is 6.92 Å². The molecule has 0 spiro atoms. The van der Waals surface area contributed by atoms with Gasteiger partial charge in [0.15, 0.2) is 5.60 Å². The molecular formula is C14H15N3O3. The fourth-order valence-corrected chi connectivity index (χ4v) is 2.62. The zero-order valence-corrected chi connectivity index (χ0v) is 11.8. The van der Waals surface area contributed by atoms with E-state index in [0.717, 1.165) is 0 Å². The van der Waals surface area contributed by atoms with E-state index in [1.165, 1.54) is 11.8 Å². The van der Waals surface area contributed by atoms with Crippen LogP contribution < -0.4 is 9.64 Å². The molecule has 2 aromatic rings. The van der Waals surface area contributed by atoms with Gasteiger partial charge in [0.1, 0.15) is 5.82 Å². The largest absolute Gasteiger partial charge is 0.480 e. The Morgan fingerprint density at radius 2 is 2.05 bits per heavy atom. The molecule has 1 atom stereocenters. The van der Waals surface area contributed by atoms with E-state index in [9.17, 15) is 9.90 Å². The molecule has 0 radical (unpaired) electrons. The number of aliphatic hydroxyl groups is 1. The number of methoxy groups -OCH3 is 1. The van der Waals surface area contributed by atoms with Crippen LogP contribution >= 0.6 is 0 Å². The van der Waals surface area contributed by atoms with Crippen molar-refractivity contribution in [2.45, 2.75) is 19.4 Å². The van der Waals surface area contributed by atoms with Crippen LogP contribution in [-0.4, -0.2) is 35.1 Å². The minimum atomic E-state index is -1.52. The number of rotatable bonds is 1. The molecule has 6 nitrogen and oxygen atoms in total. The average molecular weight is 273 g/mol. The minimum absolute atomic E-state index is 0.355. The van der Waals surface area contributed by atoms with E-state index in [-0.39, 0.29) is 5.91 Å². The number of aromatic nitrogens is 2. The molecule has 3 rings (SSSR count). The number of ether oxygens (including phenoxy) is 1. The molecule has 0 bridgehead atoms. The van der Waals surface area contributed by atoms with Crippen LogP contribution in [0.1, 0.15) is 18.3 Å². The third-order valence-corrected chi connectivity index (χ3v) is 3.69. The normalized spacial score (nSPS) is 21.4. The molecule has 1 aromatic carbocycles. The Labute approximate surface area is 116 Å². The van der Waals surface area contributed by atoms with Gasteiger partial charge in [0.05, 0.1) is 23.7 Å². The number of likely N-dealkylation sites (N-methyl/N-ethyl adjacent to an activating group) is 1. The first-order valence-corrected chi connectivity index (χ1v) is 6.23. The molecule has 0 fully saturated rings. The van der Waals surface area contributed by atoms with Crippen LogP contribution in [0.4, 0.5) is 5.69 Å². The molecule has 1 aliphatic rings. The maximum atomic E-state index is 12.1. The van der Waals surface area contributed by atoms with E-state index >= 15 is 0 Å². The predicted octanol–water partition coefficient (Wildman–Crippen LogP) is 1.13. The van der Waals surface area contributed by atoms with Crippen LogP contribution in [0.5, 0.6) is 5.88 Å². The Balaban J connectivity index is 2.38. The van der Waals surface area contributed by atoms with Crippen molar-refractivity contribution in [1.29, 1.82) is 0 Å². The zero-order valence-electron chi connectivity index (χ0n) is 11.8. The lowest BCUT2D eigenvalue weighted by Gasteiger charge is -2.15. The van der Waals surface area contributed by atoms with Gasteiger partial charge in [-0.2, -0.15) is 4.98 Å². The van der Waals surface area contributed by atoms with Gasteiger partial charge in [0.2, 0.25) is 5.88 Å². The smallest absolute Gasteiger partial charge is 0.263 e. The number of benzene rings is 1. The number of carbonyl (C=O) groups excluding carboxylic acids is 1. The Kier molecular flexibility index (Phi) is 2.49. The van der Waals surface area contributed by atoms with Crippen molar-refractivity contribution in [3.05, 3.63) is 23.5 Å². The summed E-state index contributed by atoms with van der Waals surface area (Å²) in [4.78, 5) is 22.1. The molecule has 1 aliphatic heterocycles. The Morgan fingerprint density at radius 1 is 1.35 bits per heavy atom. The second kappa shape index (κ2) is 3.89. The van der Waals surface area contributed by atoms with E-state index in [1.54, 1.807) is 33.2 Å². The van der Waals surface area contributed by atoms with Crippen LogP contribution in [0.2, 0.25) is 0 Å². The molecule has 104 valence electrons. The molecule has 1 amide bonds. The predicted molar refractivity (Wildman–Crippen MR) is 73.8 cm³/mol. The Morgan fingerprint density at radius 3 is 2.70 bits per heavy atom. The van der Waals surface area contributed by atoms with Gasteiger partial charge in [-0.15, -0.1) is 0 Å². The second-order valence-electron chi connectivity index (χ2n) is 5.10. The third-order valence-electron chi connectivity index (χ3n) is 3.69. The number of nitrogens with zero attached hydrogens (tertiary/aromatic N) is 3. The van der Waals surface area contributed by atoms with Crippen LogP contribution in [0.15, 0.2) is 12.1 Å². The van der Waals surface area contributed by atoms with Gasteiger partial charge in [-0.05, 0) is 26.0 Å². The molecule has 1 N–H and O–H groups in total. The topological polar surface area (TPSA) is 75.6 Å². The van der Waals surface area contributed by atoms with Crippen molar-refractivity contribution < 1.29 is 14.6 Å². The van der Waals surface area contributed by atoms with Crippen molar-refractivity contribution >= 4 is 22.5 Å². The van der Waals surface area contributed by atoms with Crippen molar-refractivity contribution in [3.8, 4) is 5.88 Å². The standard InChI is InChI=1S/C14H15N3O3/c1-7-15-10-6-9-11(5-8(10)12(16-7)20-4)17(3)13(18)14(9,2)19/h5-6,19H,1-4H3. The van der Waals surface area contributed by atoms with Crippen molar-refractivity contribution in [1.82, 2.24) is 9.97 Å². The summed E-state index contributed by atoms with van der Waals surface area (Å²) < 4.78 is 5.27. The molecule has 1 unspecified atom stereocenters. The average Bonchev–Trinajstić information content (AvgIpc) is 2.57. The maximum absolute atomic E-state index is 12.1. The fraction of sp³-hybridized carbons (Fsp3) is 0.357. The van der Waals surface area contributed by atoms with Crippen molar-refractivity contribution in [2.75, 3.05) is 19.1 Å². The highest BCUT2D eigenvalue weighted by atomic mass is 16.5. The lowest BCUT2D eigenvalue weighted by molar-refractivity contribution is -0.133. The summed E-state index contributed by atoms with van der Waals surface area (Å²) in [7, 11) is 3.18. The Bertz CT molecular complexity index is 740. The summed E-state index contributed by atoms with van der Waals surface area (Å²) in [6.07, 6.45) is 0. The van der Waals surface area contributed by atoms with Gasteiger partial charge in [0.25, 0.3) is 5.91 Å². The first-order valence-electron chi connectivity index (χ1n) is 6.23. The highest BCUT2D eigenvalue weighted by molar-refractivity contribution is 6.08. The number of fused-ring (bicyclic) bond motifs is 2. The summed E-state index contributed by atoms with van der Waals surface area (Å²) >= 11 is 0. The molecule has 1 aromatic heterocycles. The van der Waals surface area contributed by atoms with E-state index in [1.807, 2.05) is 0 Å². The van der Waals surface area contributed by atoms with Gasteiger partial charge < -0.3 is 14.7 Å². The number of anilines is 1. The lowest BCUT2D eigenvalue weighted by Crippen LogP contribution is -2.35. The Hall–Kier alpha value is -2.21. The second-order valence-corrected chi connectivity index (χ2v) is 5.10. The number of hydrogen-bond acceptors (Lipinski definition) is 5.